The van der Waals surface area contributed by atoms with E-state index in [-0.39, 0.29) is 0 Å². The van der Waals surface area contributed by atoms with Gasteiger partial charge in [-0.3, -0.25) is 0 Å². The average Bonchev–Trinajstić information content (AvgIpc) is 3.75. The third kappa shape index (κ3) is 4.17. The van der Waals surface area contributed by atoms with Crippen LogP contribution in [-0.2, 0) is 12.8 Å². The van der Waals surface area contributed by atoms with Crippen LogP contribution in [0.25, 0.3) is 16.3 Å². The molecule has 0 nitrogen and oxygen atoms in total. The standard InChI is InChI=1S/C41H46/c1-4-34-26(2)9-12-31-13-14-37(40(31)34)35-15-16-36-38(27(35)3)24-30(17-20-41-18-5-7-33(41)8-6-19-41)25-39(36)32-22-28-10-11-29(21-28)23-32/h1,9,12,14-16,24-25,28-29,32-33H,5-8,10-11,13,17-23H2,2-3H3/t28-,29+,32?,33?,41?. The molecule has 8 rings (SSSR count). The molecule has 0 radical (unpaired) electrons. The Morgan fingerprint density at radius 2 is 1.66 bits per heavy atom. The van der Waals surface area contributed by atoms with Gasteiger partial charge in [0.1, 0.15) is 0 Å². The molecule has 4 fully saturated rings. The van der Waals surface area contributed by atoms with E-state index in [1.165, 1.54) is 128 Å². The summed E-state index contributed by atoms with van der Waals surface area (Å²) in [5.41, 5.74) is 13.1. The van der Waals surface area contributed by atoms with Crippen molar-refractivity contribution < 1.29 is 0 Å². The molecule has 3 atom stereocenters. The molecule has 5 aliphatic rings. The highest BCUT2D eigenvalue weighted by Crippen LogP contribution is 2.57. The van der Waals surface area contributed by atoms with E-state index in [2.05, 4.69) is 62.2 Å². The van der Waals surface area contributed by atoms with Crippen LogP contribution in [0.1, 0.15) is 127 Å². The Hall–Kier alpha value is -2.78. The van der Waals surface area contributed by atoms with Crippen molar-refractivity contribution >= 4 is 16.3 Å². The van der Waals surface area contributed by atoms with Gasteiger partial charge in [0, 0.05) is 11.1 Å². The Labute approximate surface area is 248 Å². The van der Waals surface area contributed by atoms with Gasteiger partial charge in [0.2, 0.25) is 0 Å². The lowest BCUT2D eigenvalue weighted by Crippen LogP contribution is -2.20. The van der Waals surface area contributed by atoms with Crippen molar-refractivity contribution in [3.63, 3.8) is 0 Å². The summed E-state index contributed by atoms with van der Waals surface area (Å²) >= 11 is 0. The molecule has 0 heterocycles. The van der Waals surface area contributed by atoms with Crippen molar-refractivity contribution in [2.75, 3.05) is 0 Å². The summed E-state index contributed by atoms with van der Waals surface area (Å²) in [5, 5.41) is 3.03. The lowest BCUT2D eigenvalue weighted by Gasteiger charge is -2.31. The van der Waals surface area contributed by atoms with Crippen molar-refractivity contribution in [3.8, 4) is 12.3 Å². The largest absolute Gasteiger partial charge is 0.115 e. The smallest absolute Gasteiger partial charge is 0.0353 e. The number of hydrogen-bond donors (Lipinski definition) is 0. The van der Waals surface area contributed by atoms with Gasteiger partial charge in [-0.05, 0) is 157 Å². The van der Waals surface area contributed by atoms with Crippen LogP contribution in [-0.4, -0.2) is 0 Å². The molecule has 3 aromatic rings. The minimum absolute atomic E-state index is 0.651. The van der Waals surface area contributed by atoms with E-state index >= 15 is 0 Å². The highest BCUT2D eigenvalue weighted by Gasteiger charge is 2.45. The Morgan fingerprint density at radius 1 is 0.878 bits per heavy atom. The third-order valence-electron chi connectivity index (χ3n) is 12.8. The highest BCUT2D eigenvalue weighted by molar-refractivity contribution is 5.97. The second-order valence-electron chi connectivity index (χ2n) is 14.8. The number of rotatable bonds is 5. The predicted molar refractivity (Wildman–Crippen MR) is 173 cm³/mol. The number of benzene rings is 3. The van der Waals surface area contributed by atoms with Gasteiger partial charge in [-0.25, -0.2) is 0 Å². The summed E-state index contributed by atoms with van der Waals surface area (Å²) < 4.78 is 0. The van der Waals surface area contributed by atoms with Crippen LogP contribution in [0.5, 0.6) is 0 Å². The Kier molecular flexibility index (Phi) is 6.25. The molecule has 41 heavy (non-hydrogen) atoms. The molecule has 0 heteroatoms. The molecule has 0 saturated heterocycles. The maximum absolute atomic E-state index is 6.09. The first-order valence-corrected chi connectivity index (χ1v) is 16.9. The number of allylic oxidation sites excluding steroid dienone is 1. The minimum atomic E-state index is 0.651. The minimum Gasteiger partial charge on any atom is -0.115 e. The van der Waals surface area contributed by atoms with Gasteiger partial charge in [0.15, 0.2) is 0 Å². The lowest BCUT2D eigenvalue weighted by atomic mass is 9.74. The number of terminal acetylenes is 1. The summed E-state index contributed by atoms with van der Waals surface area (Å²) in [4.78, 5) is 0. The molecule has 3 aromatic carbocycles. The van der Waals surface area contributed by atoms with Crippen LogP contribution in [0.4, 0.5) is 0 Å². The molecular weight excluding hydrogens is 492 g/mol. The number of fused-ring (bicyclic) bond motifs is 5. The van der Waals surface area contributed by atoms with E-state index in [0.29, 0.717) is 5.41 Å². The van der Waals surface area contributed by atoms with Gasteiger partial charge >= 0.3 is 0 Å². The average molecular weight is 539 g/mol. The molecule has 0 N–H and O–H groups in total. The zero-order chi connectivity index (χ0) is 27.7. The monoisotopic (exact) mass is 538 g/mol. The molecule has 0 spiro atoms. The third-order valence-corrected chi connectivity index (χ3v) is 12.8. The predicted octanol–water partition coefficient (Wildman–Crippen LogP) is 10.6. The first-order chi connectivity index (χ1) is 20.0. The fourth-order valence-electron chi connectivity index (χ4n) is 10.7. The van der Waals surface area contributed by atoms with Crippen LogP contribution in [0.2, 0.25) is 0 Å². The zero-order valence-electron chi connectivity index (χ0n) is 25.3. The highest BCUT2D eigenvalue weighted by atomic mass is 14.5. The van der Waals surface area contributed by atoms with E-state index < -0.39 is 0 Å². The summed E-state index contributed by atoms with van der Waals surface area (Å²) in [6.45, 7) is 4.55. The van der Waals surface area contributed by atoms with Gasteiger partial charge in [0.25, 0.3) is 0 Å². The summed E-state index contributed by atoms with van der Waals surface area (Å²) in [7, 11) is 0. The number of hydrogen-bond acceptors (Lipinski definition) is 0. The lowest BCUT2D eigenvalue weighted by molar-refractivity contribution is 0.221. The van der Waals surface area contributed by atoms with Crippen LogP contribution < -0.4 is 0 Å². The summed E-state index contributed by atoms with van der Waals surface area (Å²) in [6.07, 6.45) is 28.3. The second-order valence-corrected chi connectivity index (χ2v) is 14.8. The van der Waals surface area contributed by atoms with E-state index in [9.17, 15) is 0 Å². The second kappa shape index (κ2) is 9.90. The Balaban J connectivity index is 1.23. The van der Waals surface area contributed by atoms with Gasteiger partial charge in [-0.15, -0.1) is 6.42 Å². The van der Waals surface area contributed by atoms with E-state index in [1.54, 1.807) is 11.1 Å². The molecule has 0 amide bonds. The molecule has 210 valence electrons. The maximum atomic E-state index is 6.09. The van der Waals surface area contributed by atoms with Gasteiger partial charge in [-0.1, -0.05) is 74.1 Å². The van der Waals surface area contributed by atoms with Crippen molar-refractivity contribution in [1.29, 1.82) is 0 Å². The normalized spacial score (nSPS) is 29.9. The van der Waals surface area contributed by atoms with E-state index in [4.69, 9.17) is 6.42 Å². The molecule has 0 aromatic heterocycles. The van der Waals surface area contributed by atoms with Gasteiger partial charge < -0.3 is 0 Å². The fourth-order valence-corrected chi connectivity index (χ4v) is 10.7. The SMILES string of the molecule is C#Cc1c(C)ccc2c1C(c1ccc3c(C4C[C@H]5CC[C@@H](C4)C5)cc(CCC45CCCC4CCC5)cc3c1C)=CC2. The van der Waals surface area contributed by atoms with Crippen molar-refractivity contribution in [2.45, 2.75) is 110 Å². The molecule has 5 aliphatic carbocycles. The maximum Gasteiger partial charge on any atom is 0.0353 e. The molecule has 1 unspecified atom stereocenters. The molecule has 2 bridgehead atoms. The topological polar surface area (TPSA) is 0 Å². The van der Waals surface area contributed by atoms with Crippen molar-refractivity contribution in [2.24, 2.45) is 23.2 Å². The first kappa shape index (κ1) is 25.9. The summed E-state index contributed by atoms with van der Waals surface area (Å²) in [6, 6.07) is 14.7. The molecular formula is C41H46. The van der Waals surface area contributed by atoms with Crippen LogP contribution in [0, 0.1) is 49.4 Å². The molecule has 4 saturated carbocycles. The van der Waals surface area contributed by atoms with Crippen LogP contribution in [0.15, 0.2) is 42.5 Å². The number of aryl methyl sites for hydroxylation is 3. The summed E-state index contributed by atoms with van der Waals surface area (Å²) in [5.74, 6) is 6.71. The van der Waals surface area contributed by atoms with Gasteiger partial charge in [-0.2, -0.15) is 0 Å². The molecule has 0 aliphatic heterocycles. The van der Waals surface area contributed by atoms with Crippen LogP contribution >= 0.6 is 0 Å². The Morgan fingerprint density at radius 3 is 2.41 bits per heavy atom. The Bertz CT molecular complexity index is 1580. The van der Waals surface area contributed by atoms with Crippen molar-refractivity contribution in [1.82, 2.24) is 0 Å². The fraction of sp³-hybridized carbons (Fsp3) is 0.512. The first-order valence-electron chi connectivity index (χ1n) is 16.9. The van der Waals surface area contributed by atoms with E-state index in [1.807, 2.05) is 0 Å². The van der Waals surface area contributed by atoms with Crippen LogP contribution in [0.3, 0.4) is 0 Å². The van der Waals surface area contributed by atoms with Gasteiger partial charge in [0.05, 0.1) is 0 Å². The van der Waals surface area contributed by atoms with Crippen molar-refractivity contribution in [3.05, 3.63) is 87.0 Å². The quantitative estimate of drug-likeness (QED) is 0.283. The van der Waals surface area contributed by atoms with E-state index in [0.717, 1.165) is 35.7 Å². The zero-order valence-corrected chi connectivity index (χ0v) is 25.3.